The van der Waals surface area contributed by atoms with Gasteiger partial charge in [-0.2, -0.15) is 5.10 Å². The number of hydrogen-bond acceptors (Lipinski definition) is 4. The minimum Gasteiger partial charge on any atom is -0.497 e. The third-order valence-corrected chi connectivity index (χ3v) is 4.97. The van der Waals surface area contributed by atoms with E-state index in [0.717, 1.165) is 34.0 Å². The van der Waals surface area contributed by atoms with Gasteiger partial charge >= 0.3 is 0 Å². The third kappa shape index (κ3) is 4.59. The molecule has 29 heavy (non-hydrogen) atoms. The van der Waals surface area contributed by atoms with Crippen molar-refractivity contribution in [2.75, 3.05) is 19.5 Å². The fourth-order valence-corrected chi connectivity index (χ4v) is 3.40. The van der Waals surface area contributed by atoms with Crippen molar-refractivity contribution in [3.63, 3.8) is 0 Å². The molecule has 1 aromatic heterocycles. The van der Waals surface area contributed by atoms with E-state index in [9.17, 15) is 4.79 Å². The molecule has 1 amide bonds. The number of benzene rings is 2. The van der Waals surface area contributed by atoms with E-state index < -0.39 is 0 Å². The molecular formula is C23H27N3O3. The van der Waals surface area contributed by atoms with Crippen LogP contribution in [0.25, 0.3) is 5.69 Å². The van der Waals surface area contributed by atoms with Gasteiger partial charge in [-0.1, -0.05) is 12.1 Å². The Morgan fingerprint density at radius 3 is 2.59 bits per heavy atom. The Labute approximate surface area is 171 Å². The van der Waals surface area contributed by atoms with Gasteiger partial charge in [-0.15, -0.1) is 0 Å². The van der Waals surface area contributed by atoms with Crippen LogP contribution in [0.1, 0.15) is 28.9 Å². The van der Waals surface area contributed by atoms with E-state index in [1.54, 1.807) is 14.2 Å². The molecule has 152 valence electrons. The Bertz CT molecular complexity index is 1020. The van der Waals surface area contributed by atoms with E-state index in [4.69, 9.17) is 9.47 Å². The second kappa shape index (κ2) is 8.82. The van der Waals surface area contributed by atoms with Gasteiger partial charge in [0.15, 0.2) is 0 Å². The summed E-state index contributed by atoms with van der Waals surface area (Å²) in [6, 6.07) is 13.5. The quantitative estimate of drug-likeness (QED) is 0.647. The Kier molecular flexibility index (Phi) is 6.22. The molecule has 6 nitrogen and oxygen atoms in total. The van der Waals surface area contributed by atoms with E-state index in [2.05, 4.69) is 10.4 Å². The summed E-state index contributed by atoms with van der Waals surface area (Å²) in [6.45, 7) is 5.98. The zero-order valence-electron chi connectivity index (χ0n) is 17.6. The molecule has 0 spiro atoms. The summed E-state index contributed by atoms with van der Waals surface area (Å²) in [5.41, 5.74) is 5.72. The Morgan fingerprint density at radius 1 is 1.07 bits per heavy atom. The van der Waals surface area contributed by atoms with Crippen molar-refractivity contribution >= 4 is 11.6 Å². The summed E-state index contributed by atoms with van der Waals surface area (Å²) in [7, 11) is 3.24. The first-order chi connectivity index (χ1) is 13.9. The molecule has 0 unspecified atom stereocenters. The van der Waals surface area contributed by atoms with Crippen LogP contribution in [0.4, 0.5) is 5.69 Å². The van der Waals surface area contributed by atoms with Gasteiger partial charge in [0.2, 0.25) is 5.91 Å². The highest BCUT2D eigenvalue weighted by molar-refractivity contribution is 5.92. The van der Waals surface area contributed by atoms with Crippen LogP contribution in [0, 0.1) is 20.8 Å². The molecule has 0 atom stereocenters. The van der Waals surface area contributed by atoms with Crippen molar-refractivity contribution in [3.8, 4) is 17.2 Å². The maximum atomic E-state index is 12.5. The highest BCUT2D eigenvalue weighted by atomic mass is 16.5. The summed E-state index contributed by atoms with van der Waals surface area (Å²) in [5.74, 6) is 1.38. The number of methoxy groups -OCH3 is 2. The van der Waals surface area contributed by atoms with Gasteiger partial charge < -0.3 is 14.8 Å². The predicted octanol–water partition coefficient (Wildman–Crippen LogP) is 4.39. The number of aromatic nitrogens is 2. The lowest BCUT2D eigenvalue weighted by Crippen LogP contribution is -2.13. The third-order valence-electron chi connectivity index (χ3n) is 4.97. The average Bonchev–Trinajstić information content (AvgIpc) is 3.00. The largest absolute Gasteiger partial charge is 0.497 e. The van der Waals surface area contributed by atoms with Crippen molar-refractivity contribution in [1.82, 2.24) is 9.78 Å². The fourth-order valence-electron chi connectivity index (χ4n) is 3.40. The van der Waals surface area contributed by atoms with Gasteiger partial charge in [-0.05, 0) is 62.6 Å². The lowest BCUT2D eigenvalue weighted by Gasteiger charge is -2.11. The molecule has 0 aliphatic heterocycles. The Morgan fingerprint density at radius 2 is 1.86 bits per heavy atom. The van der Waals surface area contributed by atoms with Crippen molar-refractivity contribution < 1.29 is 14.3 Å². The number of amides is 1. The minimum atomic E-state index is -0.0539. The molecule has 6 heteroatoms. The van der Waals surface area contributed by atoms with E-state index in [-0.39, 0.29) is 5.91 Å². The van der Waals surface area contributed by atoms with Crippen molar-refractivity contribution in [2.24, 2.45) is 0 Å². The van der Waals surface area contributed by atoms with Crippen LogP contribution in [0.15, 0.2) is 42.5 Å². The zero-order chi connectivity index (χ0) is 21.0. The molecule has 1 heterocycles. The van der Waals surface area contributed by atoms with Gasteiger partial charge in [-0.25, -0.2) is 4.68 Å². The number of rotatable bonds is 7. The molecule has 0 aliphatic carbocycles. The molecule has 2 aromatic carbocycles. The predicted molar refractivity (Wildman–Crippen MR) is 114 cm³/mol. The van der Waals surface area contributed by atoms with Crippen LogP contribution in [0.3, 0.4) is 0 Å². The van der Waals surface area contributed by atoms with E-state index in [0.29, 0.717) is 24.3 Å². The molecule has 3 rings (SSSR count). The number of nitrogens with zero attached hydrogens (tertiary/aromatic N) is 2. The summed E-state index contributed by atoms with van der Waals surface area (Å²) in [5, 5.41) is 7.62. The molecule has 0 aliphatic rings. The number of anilines is 1. The molecular weight excluding hydrogens is 366 g/mol. The smallest absolute Gasteiger partial charge is 0.224 e. The average molecular weight is 393 g/mol. The fraction of sp³-hybridized carbons (Fsp3) is 0.304. The number of carbonyl (C=O) groups is 1. The summed E-state index contributed by atoms with van der Waals surface area (Å²) in [4.78, 5) is 12.5. The first-order valence-corrected chi connectivity index (χ1v) is 9.57. The van der Waals surface area contributed by atoms with Crippen molar-refractivity contribution in [1.29, 1.82) is 0 Å². The Balaban J connectivity index is 1.73. The molecule has 0 saturated heterocycles. The molecule has 0 fully saturated rings. The topological polar surface area (TPSA) is 65.4 Å². The monoisotopic (exact) mass is 393 g/mol. The van der Waals surface area contributed by atoms with Gasteiger partial charge in [0.05, 0.1) is 31.3 Å². The van der Waals surface area contributed by atoms with Crippen LogP contribution in [0.2, 0.25) is 0 Å². The summed E-state index contributed by atoms with van der Waals surface area (Å²) >= 11 is 0. The van der Waals surface area contributed by atoms with Crippen LogP contribution < -0.4 is 14.8 Å². The van der Waals surface area contributed by atoms with Gasteiger partial charge in [-0.3, -0.25) is 4.79 Å². The first-order valence-electron chi connectivity index (χ1n) is 9.57. The summed E-state index contributed by atoms with van der Waals surface area (Å²) in [6.07, 6.45) is 0.976. The van der Waals surface area contributed by atoms with Gasteiger partial charge in [0, 0.05) is 18.2 Å². The number of hydrogen-bond donors (Lipinski definition) is 1. The van der Waals surface area contributed by atoms with Crippen LogP contribution in [0.5, 0.6) is 11.5 Å². The lowest BCUT2D eigenvalue weighted by molar-refractivity contribution is -0.116. The molecule has 0 saturated carbocycles. The maximum Gasteiger partial charge on any atom is 0.224 e. The SMILES string of the molecule is COc1cccc(-n2nc(C)c(CCC(=O)Nc3cc(C)ccc3OC)c2C)c1. The zero-order valence-corrected chi connectivity index (χ0v) is 17.6. The lowest BCUT2D eigenvalue weighted by atomic mass is 10.1. The van der Waals surface area contributed by atoms with E-state index in [1.807, 2.05) is 67.9 Å². The van der Waals surface area contributed by atoms with Gasteiger partial charge in [0.1, 0.15) is 11.5 Å². The highest BCUT2D eigenvalue weighted by Crippen LogP contribution is 2.26. The molecule has 0 radical (unpaired) electrons. The van der Waals surface area contributed by atoms with Crippen LogP contribution >= 0.6 is 0 Å². The highest BCUT2D eigenvalue weighted by Gasteiger charge is 2.15. The van der Waals surface area contributed by atoms with E-state index >= 15 is 0 Å². The molecule has 0 bridgehead atoms. The van der Waals surface area contributed by atoms with Crippen molar-refractivity contribution in [3.05, 3.63) is 65.0 Å². The van der Waals surface area contributed by atoms with Gasteiger partial charge in [0.25, 0.3) is 0 Å². The Hall–Kier alpha value is -3.28. The number of ether oxygens (including phenoxy) is 2. The van der Waals surface area contributed by atoms with E-state index in [1.165, 1.54) is 0 Å². The normalized spacial score (nSPS) is 10.7. The van der Waals surface area contributed by atoms with Crippen LogP contribution in [-0.4, -0.2) is 29.9 Å². The van der Waals surface area contributed by atoms with Crippen LogP contribution in [-0.2, 0) is 11.2 Å². The minimum absolute atomic E-state index is 0.0539. The van der Waals surface area contributed by atoms with Crippen molar-refractivity contribution in [2.45, 2.75) is 33.6 Å². The number of nitrogens with one attached hydrogen (secondary N) is 1. The second-order valence-corrected chi connectivity index (χ2v) is 7.01. The standard InChI is InChI=1S/C23H27N3O3/c1-15-9-11-22(29-5)21(13-15)24-23(27)12-10-20-16(2)25-26(17(20)3)18-7-6-8-19(14-18)28-4/h6-9,11,13-14H,10,12H2,1-5H3,(H,24,27). The second-order valence-electron chi connectivity index (χ2n) is 7.01. The number of carbonyl (C=O) groups excluding carboxylic acids is 1. The molecule has 3 aromatic rings. The summed E-state index contributed by atoms with van der Waals surface area (Å²) < 4.78 is 12.5. The first kappa shape index (κ1) is 20.5. The molecule has 1 N–H and O–H groups in total. The number of aryl methyl sites for hydroxylation is 2. The maximum absolute atomic E-state index is 12.5.